The molecule has 7 heteroatoms. The average Bonchev–Trinajstić information content (AvgIpc) is 2.28. The van der Waals surface area contributed by atoms with Crippen LogP contribution < -0.4 is 16.0 Å². The van der Waals surface area contributed by atoms with Crippen molar-refractivity contribution in [3.05, 3.63) is 0 Å². The molecule has 0 saturated carbocycles. The van der Waals surface area contributed by atoms with Crippen LogP contribution in [0.5, 0.6) is 0 Å². The van der Waals surface area contributed by atoms with Gasteiger partial charge in [-0.15, -0.1) is 0 Å². The molecule has 102 valence electrons. The third-order valence-corrected chi connectivity index (χ3v) is 2.95. The molecule has 1 fully saturated rings. The summed E-state index contributed by atoms with van der Waals surface area (Å²) in [6, 6.07) is -0.496. The number of amides is 2. The summed E-state index contributed by atoms with van der Waals surface area (Å²) < 4.78 is 0. The standard InChI is InChI=1S/C11H19N3O4/c1-6(2)7(11(17)18)3-14-10(16)8-4-13-9(15)5-12-8/h6-8,12H,3-5H2,1-2H3,(H,13,15)(H,14,16)(H,17,18). The van der Waals surface area contributed by atoms with Crippen molar-refractivity contribution in [1.82, 2.24) is 16.0 Å². The summed E-state index contributed by atoms with van der Waals surface area (Å²) in [5, 5.41) is 16.9. The molecule has 0 aromatic rings. The lowest BCUT2D eigenvalue weighted by atomic mass is 9.96. The number of aliphatic carboxylic acids is 1. The zero-order valence-corrected chi connectivity index (χ0v) is 10.5. The van der Waals surface area contributed by atoms with E-state index in [9.17, 15) is 14.4 Å². The van der Waals surface area contributed by atoms with Gasteiger partial charge in [0.05, 0.1) is 12.5 Å². The molecule has 18 heavy (non-hydrogen) atoms. The molecule has 7 nitrogen and oxygen atoms in total. The Balaban J connectivity index is 2.40. The fourth-order valence-electron chi connectivity index (χ4n) is 1.69. The van der Waals surface area contributed by atoms with Gasteiger partial charge < -0.3 is 15.7 Å². The van der Waals surface area contributed by atoms with E-state index < -0.39 is 17.9 Å². The van der Waals surface area contributed by atoms with E-state index in [4.69, 9.17) is 5.11 Å². The van der Waals surface area contributed by atoms with Crippen LogP contribution in [-0.2, 0) is 14.4 Å². The number of piperazine rings is 1. The van der Waals surface area contributed by atoms with E-state index in [-0.39, 0.29) is 37.4 Å². The minimum atomic E-state index is -0.921. The first-order chi connectivity index (χ1) is 8.41. The fourth-order valence-corrected chi connectivity index (χ4v) is 1.69. The highest BCUT2D eigenvalue weighted by molar-refractivity contribution is 5.87. The van der Waals surface area contributed by atoms with E-state index in [1.165, 1.54) is 0 Å². The van der Waals surface area contributed by atoms with Gasteiger partial charge in [0.2, 0.25) is 11.8 Å². The number of hydrogen-bond donors (Lipinski definition) is 4. The normalized spacial score (nSPS) is 21.3. The van der Waals surface area contributed by atoms with Crippen molar-refractivity contribution in [3.63, 3.8) is 0 Å². The lowest BCUT2D eigenvalue weighted by molar-refractivity contribution is -0.143. The van der Waals surface area contributed by atoms with E-state index >= 15 is 0 Å². The van der Waals surface area contributed by atoms with Crippen LogP contribution in [0.1, 0.15) is 13.8 Å². The third-order valence-electron chi connectivity index (χ3n) is 2.95. The molecule has 0 aliphatic carbocycles. The molecule has 0 aromatic carbocycles. The fraction of sp³-hybridized carbons (Fsp3) is 0.727. The summed E-state index contributed by atoms with van der Waals surface area (Å²) in [5.74, 6) is -2.02. The maximum absolute atomic E-state index is 11.7. The number of nitrogens with one attached hydrogen (secondary N) is 3. The lowest BCUT2D eigenvalue weighted by Crippen LogP contribution is -2.58. The van der Waals surface area contributed by atoms with Crippen LogP contribution in [0.15, 0.2) is 0 Å². The zero-order valence-electron chi connectivity index (χ0n) is 10.5. The van der Waals surface area contributed by atoms with Gasteiger partial charge in [-0.3, -0.25) is 19.7 Å². The number of hydrogen-bond acceptors (Lipinski definition) is 4. The van der Waals surface area contributed by atoms with Crippen molar-refractivity contribution in [2.45, 2.75) is 19.9 Å². The second-order valence-corrected chi connectivity index (χ2v) is 4.67. The van der Waals surface area contributed by atoms with Gasteiger partial charge in [-0.1, -0.05) is 13.8 Å². The molecule has 1 aliphatic rings. The van der Waals surface area contributed by atoms with Crippen LogP contribution in [0.2, 0.25) is 0 Å². The topological polar surface area (TPSA) is 108 Å². The maximum atomic E-state index is 11.7. The van der Waals surface area contributed by atoms with Crippen molar-refractivity contribution in [2.75, 3.05) is 19.6 Å². The number of carboxylic acid groups (broad SMARTS) is 1. The van der Waals surface area contributed by atoms with E-state index in [0.29, 0.717) is 0 Å². The largest absolute Gasteiger partial charge is 0.481 e. The molecule has 1 saturated heterocycles. The van der Waals surface area contributed by atoms with Gasteiger partial charge in [0.15, 0.2) is 0 Å². The summed E-state index contributed by atoms with van der Waals surface area (Å²) in [6.07, 6.45) is 0. The second kappa shape index (κ2) is 6.34. The summed E-state index contributed by atoms with van der Waals surface area (Å²) in [7, 11) is 0. The van der Waals surface area contributed by atoms with Crippen LogP contribution in [-0.4, -0.2) is 48.6 Å². The molecule has 1 heterocycles. The molecule has 2 amide bonds. The van der Waals surface area contributed by atoms with E-state index in [0.717, 1.165) is 0 Å². The summed E-state index contributed by atoms with van der Waals surface area (Å²) in [6.45, 7) is 4.01. The number of carbonyl (C=O) groups excluding carboxylic acids is 2. The minimum absolute atomic E-state index is 0.0539. The molecule has 2 atom stereocenters. The molecule has 0 spiro atoms. The van der Waals surface area contributed by atoms with Gasteiger partial charge in [0, 0.05) is 13.1 Å². The lowest BCUT2D eigenvalue weighted by Gasteiger charge is -2.24. The molecule has 0 radical (unpaired) electrons. The molecular formula is C11H19N3O4. The van der Waals surface area contributed by atoms with Crippen LogP contribution in [0.25, 0.3) is 0 Å². The molecular weight excluding hydrogens is 238 g/mol. The first-order valence-electron chi connectivity index (χ1n) is 5.92. The van der Waals surface area contributed by atoms with Crippen LogP contribution in [0.3, 0.4) is 0 Å². The minimum Gasteiger partial charge on any atom is -0.481 e. The molecule has 2 unspecified atom stereocenters. The van der Waals surface area contributed by atoms with Gasteiger partial charge in [-0.05, 0) is 5.92 Å². The van der Waals surface area contributed by atoms with Crippen molar-refractivity contribution in [2.24, 2.45) is 11.8 Å². The summed E-state index contributed by atoms with van der Waals surface area (Å²) in [5.41, 5.74) is 0. The van der Waals surface area contributed by atoms with Gasteiger partial charge in [0.1, 0.15) is 6.04 Å². The monoisotopic (exact) mass is 257 g/mol. The highest BCUT2D eigenvalue weighted by atomic mass is 16.4. The van der Waals surface area contributed by atoms with Crippen molar-refractivity contribution >= 4 is 17.8 Å². The Morgan fingerprint density at radius 3 is 2.61 bits per heavy atom. The van der Waals surface area contributed by atoms with E-state index in [1.54, 1.807) is 13.8 Å². The Morgan fingerprint density at radius 2 is 2.17 bits per heavy atom. The maximum Gasteiger partial charge on any atom is 0.308 e. The van der Waals surface area contributed by atoms with Crippen molar-refractivity contribution in [1.29, 1.82) is 0 Å². The average molecular weight is 257 g/mol. The Bertz CT molecular complexity index is 333. The number of carbonyl (C=O) groups is 3. The zero-order chi connectivity index (χ0) is 13.7. The smallest absolute Gasteiger partial charge is 0.308 e. The Labute approximate surface area is 105 Å². The Kier molecular flexibility index (Phi) is 5.08. The summed E-state index contributed by atoms with van der Waals surface area (Å²) >= 11 is 0. The molecule has 4 N–H and O–H groups in total. The highest BCUT2D eigenvalue weighted by Gasteiger charge is 2.26. The van der Waals surface area contributed by atoms with Crippen LogP contribution in [0.4, 0.5) is 0 Å². The Hall–Kier alpha value is -1.63. The van der Waals surface area contributed by atoms with Crippen molar-refractivity contribution in [3.8, 4) is 0 Å². The van der Waals surface area contributed by atoms with Gasteiger partial charge in [-0.25, -0.2) is 0 Å². The van der Waals surface area contributed by atoms with Gasteiger partial charge >= 0.3 is 5.97 Å². The summed E-state index contributed by atoms with van der Waals surface area (Å²) in [4.78, 5) is 33.6. The highest BCUT2D eigenvalue weighted by Crippen LogP contribution is 2.09. The van der Waals surface area contributed by atoms with E-state index in [2.05, 4.69) is 16.0 Å². The number of carboxylic acids is 1. The second-order valence-electron chi connectivity index (χ2n) is 4.67. The first kappa shape index (κ1) is 14.4. The number of rotatable bonds is 5. The predicted molar refractivity (Wildman–Crippen MR) is 63.8 cm³/mol. The van der Waals surface area contributed by atoms with Gasteiger partial charge in [0.25, 0.3) is 0 Å². The quantitative estimate of drug-likeness (QED) is 0.482. The molecule has 1 aliphatic heterocycles. The van der Waals surface area contributed by atoms with Crippen LogP contribution in [0, 0.1) is 11.8 Å². The van der Waals surface area contributed by atoms with E-state index in [1.807, 2.05) is 0 Å². The third kappa shape index (κ3) is 3.99. The predicted octanol–water partition coefficient (Wildman–Crippen LogP) is -1.45. The molecule has 0 bridgehead atoms. The molecule has 0 aromatic heterocycles. The van der Waals surface area contributed by atoms with Gasteiger partial charge in [-0.2, -0.15) is 0 Å². The van der Waals surface area contributed by atoms with Crippen molar-refractivity contribution < 1.29 is 19.5 Å². The molecule has 1 rings (SSSR count). The SMILES string of the molecule is CC(C)C(CNC(=O)C1CNC(=O)CN1)C(=O)O. The Morgan fingerprint density at radius 1 is 1.50 bits per heavy atom. The van der Waals surface area contributed by atoms with Crippen LogP contribution >= 0.6 is 0 Å². The first-order valence-corrected chi connectivity index (χ1v) is 5.92.